The number of carbonyl (C=O) groups is 3. The van der Waals surface area contributed by atoms with Gasteiger partial charge in [-0.05, 0) is 11.1 Å². The predicted molar refractivity (Wildman–Crippen MR) is 111 cm³/mol. The van der Waals surface area contributed by atoms with E-state index in [1.165, 1.54) is 7.11 Å². The van der Waals surface area contributed by atoms with E-state index in [2.05, 4.69) is 9.97 Å². The number of aliphatic hydroxyl groups is 2. The van der Waals surface area contributed by atoms with Crippen LogP contribution in [0.15, 0.2) is 73.1 Å². The zero-order valence-electron chi connectivity index (χ0n) is 17.0. The third-order valence-corrected chi connectivity index (χ3v) is 4.56. The van der Waals surface area contributed by atoms with Crippen LogP contribution < -0.4 is 0 Å². The molecule has 0 spiro atoms. The highest BCUT2D eigenvalue weighted by Crippen LogP contribution is 2.38. The summed E-state index contributed by atoms with van der Waals surface area (Å²) in [5.41, 5.74) is 0.506. The van der Waals surface area contributed by atoms with E-state index in [9.17, 15) is 14.4 Å². The monoisotopic (exact) mass is 442 g/mol. The van der Waals surface area contributed by atoms with E-state index >= 15 is 0 Å². The number of hydrogen-bond acceptors (Lipinski definition) is 7. The Morgan fingerprint density at radius 3 is 1.62 bits per heavy atom. The second kappa shape index (κ2) is 10.8. The average molecular weight is 442 g/mol. The molecule has 32 heavy (non-hydrogen) atoms. The number of aliphatic hydroxyl groups excluding tert-OH is 2. The predicted octanol–water partition coefficient (Wildman–Crippen LogP) is 0.794. The second-order valence-electron chi connectivity index (χ2n) is 6.48. The number of imidazole rings is 1. The van der Waals surface area contributed by atoms with Crippen LogP contribution in [0, 0.1) is 0 Å². The van der Waals surface area contributed by atoms with Crippen molar-refractivity contribution in [2.24, 2.45) is 0 Å². The number of esters is 1. The Balaban J connectivity index is 0.000000309. The van der Waals surface area contributed by atoms with Crippen molar-refractivity contribution in [3.05, 3.63) is 90.0 Å². The van der Waals surface area contributed by atoms with Crippen molar-refractivity contribution >= 4 is 17.9 Å². The molecule has 0 aliphatic heterocycles. The summed E-state index contributed by atoms with van der Waals surface area (Å²) >= 11 is 0. The number of hydrogen-bond donors (Lipinski definition) is 5. The maximum absolute atomic E-state index is 12.9. The van der Waals surface area contributed by atoms with Gasteiger partial charge < -0.3 is 30.1 Å². The summed E-state index contributed by atoms with van der Waals surface area (Å²) in [6.45, 7) is 0. The van der Waals surface area contributed by atoms with Gasteiger partial charge in [-0.25, -0.2) is 14.6 Å². The Morgan fingerprint density at radius 2 is 1.31 bits per heavy atom. The number of aromatic nitrogens is 2. The molecule has 5 N–H and O–H groups in total. The first kappa shape index (κ1) is 24.3. The van der Waals surface area contributed by atoms with Crippen molar-refractivity contribution < 1.29 is 39.5 Å². The summed E-state index contributed by atoms with van der Waals surface area (Å²) in [5.74, 6) is -3.37. The quantitative estimate of drug-likeness (QED) is 0.332. The van der Waals surface area contributed by atoms with E-state index in [1.54, 1.807) is 12.4 Å². The standard InChI is InChI=1S/C18H16N2O2.C4H6O6/c1-22-17(21)18(16-19-12-13-20-16,14-8-4-2-5-9-14)15-10-6-3-7-11-15;5-1(3(7)8)2(6)4(9)10/h2-13H,1H3,(H,19,20);1-2,5-6H,(H,7,8)(H,9,10). The molecule has 0 aliphatic rings. The molecule has 0 bridgehead atoms. The lowest BCUT2D eigenvalue weighted by atomic mass is 9.73. The summed E-state index contributed by atoms with van der Waals surface area (Å²) in [5, 5.41) is 32.5. The van der Waals surface area contributed by atoms with Crippen LogP contribution in [-0.2, 0) is 24.5 Å². The Hall–Kier alpha value is -4.02. The van der Waals surface area contributed by atoms with E-state index < -0.39 is 29.6 Å². The minimum atomic E-state index is -2.27. The third kappa shape index (κ3) is 4.99. The molecular weight excluding hydrogens is 420 g/mol. The van der Waals surface area contributed by atoms with Gasteiger partial charge in [0.25, 0.3) is 0 Å². The fraction of sp³-hybridized carbons (Fsp3) is 0.182. The first-order chi connectivity index (χ1) is 15.3. The zero-order chi connectivity index (χ0) is 23.7. The normalized spacial score (nSPS) is 12.6. The fourth-order valence-corrected chi connectivity index (χ4v) is 3.04. The van der Waals surface area contributed by atoms with Gasteiger partial charge in [0.1, 0.15) is 5.82 Å². The van der Waals surface area contributed by atoms with Gasteiger partial charge in [-0.15, -0.1) is 0 Å². The molecule has 10 heteroatoms. The van der Waals surface area contributed by atoms with Crippen LogP contribution in [0.5, 0.6) is 0 Å². The van der Waals surface area contributed by atoms with Crippen LogP contribution in [0.3, 0.4) is 0 Å². The van der Waals surface area contributed by atoms with Crippen LogP contribution in [0.1, 0.15) is 17.0 Å². The summed E-state index contributed by atoms with van der Waals surface area (Å²) < 4.78 is 5.15. The van der Waals surface area contributed by atoms with Crippen molar-refractivity contribution in [1.29, 1.82) is 0 Å². The second-order valence-corrected chi connectivity index (χ2v) is 6.48. The molecule has 0 fully saturated rings. The number of carboxylic acids is 2. The Labute approximate surface area is 182 Å². The fourth-order valence-electron chi connectivity index (χ4n) is 3.04. The van der Waals surface area contributed by atoms with Gasteiger partial charge in [-0.3, -0.25) is 4.79 Å². The maximum Gasteiger partial charge on any atom is 0.335 e. The molecule has 3 rings (SSSR count). The number of ether oxygens (including phenoxy) is 1. The van der Waals surface area contributed by atoms with Crippen molar-refractivity contribution in [2.45, 2.75) is 17.6 Å². The van der Waals surface area contributed by atoms with Gasteiger partial charge >= 0.3 is 17.9 Å². The number of H-pyrrole nitrogens is 1. The van der Waals surface area contributed by atoms with Crippen LogP contribution in [0.25, 0.3) is 0 Å². The number of benzene rings is 2. The number of aromatic amines is 1. The zero-order valence-corrected chi connectivity index (χ0v) is 17.0. The molecule has 168 valence electrons. The number of carboxylic acid groups (broad SMARTS) is 2. The highest BCUT2D eigenvalue weighted by molar-refractivity contribution is 5.91. The van der Waals surface area contributed by atoms with Crippen molar-refractivity contribution in [3.8, 4) is 0 Å². The first-order valence-corrected chi connectivity index (χ1v) is 9.27. The number of aliphatic carboxylic acids is 2. The highest BCUT2D eigenvalue weighted by atomic mass is 16.5. The van der Waals surface area contributed by atoms with Crippen molar-refractivity contribution in [3.63, 3.8) is 0 Å². The summed E-state index contributed by atoms with van der Waals surface area (Å²) in [6.07, 6.45) is -1.19. The van der Waals surface area contributed by atoms with Crippen molar-refractivity contribution in [2.75, 3.05) is 7.11 Å². The Kier molecular flexibility index (Phi) is 8.22. The van der Waals surface area contributed by atoms with Gasteiger partial charge in [0.2, 0.25) is 0 Å². The summed E-state index contributed by atoms with van der Waals surface area (Å²) in [4.78, 5) is 39.8. The van der Waals surface area contributed by atoms with Gasteiger partial charge in [-0.1, -0.05) is 60.7 Å². The molecule has 0 aliphatic carbocycles. The van der Waals surface area contributed by atoms with E-state index in [4.69, 9.17) is 25.2 Å². The van der Waals surface area contributed by atoms with Crippen molar-refractivity contribution in [1.82, 2.24) is 9.97 Å². The topological polar surface area (TPSA) is 170 Å². The molecule has 0 radical (unpaired) electrons. The van der Waals surface area contributed by atoms with Gasteiger partial charge in [0, 0.05) is 12.4 Å². The highest BCUT2D eigenvalue weighted by Gasteiger charge is 2.47. The molecule has 3 aromatic rings. The van der Waals surface area contributed by atoms with Crippen LogP contribution in [0.4, 0.5) is 0 Å². The third-order valence-electron chi connectivity index (χ3n) is 4.56. The SMILES string of the molecule is COC(=O)C(c1ccccc1)(c1ccccc1)c1ncc[nH]1.O=C(O)C(O)C(O)C(=O)O. The van der Waals surface area contributed by atoms with E-state index in [1.807, 2.05) is 60.7 Å². The molecule has 0 amide bonds. The summed E-state index contributed by atoms with van der Waals surface area (Å²) in [6, 6.07) is 19.1. The number of methoxy groups -OCH3 is 1. The molecule has 10 nitrogen and oxygen atoms in total. The largest absolute Gasteiger partial charge is 0.479 e. The summed E-state index contributed by atoms with van der Waals surface area (Å²) in [7, 11) is 1.39. The van der Waals surface area contributed by atoms with E-state index in [0.29, 0.717) is 5.82 Å². The first-order valence-electron chi connectivity index (χ1n) is 9.27. The Morgan fingerprint density at radius 1 is 0.875 bits per heavy atom. The molecule has 2 atom stereocenters. The number of carbonyl (C=O) groups excluding carboxylic acids is 1. The number of nitrogens with one attached hydrogen (secondary N) is 1. The van der Waals surface area contributed by atoms with Gasteiger partial charge in [0.15, 0.2) is 17.6 Å². The van der Waals surface area contributed by atoms with Crippen LogP contribution in [-0.4, -0.2) is 67.6 Å². The van der Waals surface area contributed by atoms with Gasteiger partial charge in [0.05, 0.1) is 7.11 Å². The molecule has 0 saturated heterocycles. The lowest BCUT2D eigenvalue weighted by molar-refractivity contribution is -0.165. The lowest BCUT2D eigenvalue weighted by Gasteiger charge is -2.30. The van der Waals surface area contributed by atoms with Gasteiger partial charge in [-0.2, -0.15) is 0 Å². The maximum atomic E-state index is 12.9. The number of rotatable bonds is 7. The minimum absolute atomic E-state index is 0.375. The minimum Gasteiger partial charge on any atom is -0.479 e. The lowest BCUT2D eigenvalue weighted by Crippen LogP contribution is -2.40. The van der Waals surface area contributed by atoms with E-state index in [-0.39, 0.29) is 5.97 Å². The molecule has 2 unspecified atom stereocenters. The van der Waals surface area contributed by atoms with E-state index in [0.717, 1.165) is 11.1 Å². The average Bonchev–Trinajstić information content (AvgIpc) is 3.35. The Bertz CT molecular complexity index is 965. The molecular formula is C22H22N2O8. The molecule has 0 saturated carbocycles. The molecule has 1 aromatic heterocycles. The smallest absolute Gasteiger partial charge is 0.335 e. The molecule has 1 heterocycles. The molecule has 2 aromatic carbocycles. The number of nitrogens with zero attached hydrogens (tertiary/aromatic N) is 1. The van der Waals surface area contributed by atoms with Crippen LogP contribution in [0.2, 0.25) is 0 Å². The van der Waals surface area contributed by atoms with Crippen LogP contribution >= 0.6 is 0 Å².